The summed E-state index contributed by atoms with van der Waals surface area (Å²) in [6, 6.07) is 39.8. The van der Waals surface area contributed by atoms with Crippen molar-refractivity contribution in [3.63, 3.8) is 0 Å². The van der Waals surface area contributed by atoms with E-state index < -0.39 is 43.7 Å². The number of aliphatic carboxylic acids is 1. The third-order valence-electron chi connectivity index (χ3n) is 25.5. The van der Waals surface area contributed by atoms with Crippen molar-refractivity contribution in [2.24, 2.45) is 64.9 Å². The Hall–Kier alpha value is -7.88. The zero-order valence-corrected chi connectivity index (χ0v) is 84.5. The van der Waals surface area contributed by atoms with Gasteiger partial charge in [-0.2, -0.15) is 0 Å². The number of carboxylic acids is 2. The molecule has 5 aliphatic carbocycles. The number of nitrogens with two attached hydrogens (primary N) is 1. The third-order valence-corrected chi connectivity index (χ3v) is 29.3. The van der Waals surface area contributed by atoms with Crippen molar-refractivity contribution in [3.05, 3.63) is 209 Å². The molecule has 0 unspecified atom stereocenters. The van der Waals surface area contributed by atoms with Crippen LogP contribution in [0.1, 0.15) is 250 Å². The molecule has 734 valence electrons. The molecule has 4 heterocycles. The molecule has 15 rings (SSSR count). The number of aromatic carboxylic acids is 1. The number of amides is 1. The summed E-state index contributed by atoms with van der Waals surface area (Å²) in [5.74, 6) is 5.87. The molecule has 26 nitrogen and oxygen atoms in total. The molecule has 0 aliphatic heterocycles. The molecular formula is C103H141AlCl2LiN6NaO20S2. The molecule has 136 heavy (non-hydrogen) atoms. The molecule has 0 saturated heterocycles. The Kier molecular flexibility index (Phi) is 55.4. The van der Waals surface area contributed by atoms with Crippen molar-refractivity contribution < 1.29 is 145 Å². The maximum Gasteiger partial charge on any atom is 1.00 e. The van der Waals surface area contributed by atoms with Crippen LogP contribution in [0.15, 0.2) is 180 Å². The number of nitrogens with zero attached hydrogens (tertiary/aromatic N) is 4. The number of carboxylic acid groups (broad SMARTS) is 2. The summed E-state index contributed by atoms with van der Waals surface area (Å²) in [5, 5.41) is 55.4. The minimum Gasteiger partial charge on any atom is -1.00 e. The zero-order chi connectivity index (χ0) is 94.0. The van der Waals surface area contributed by atoms with Crippen LogP contribution in [0.25, 0.3) is 43.1 Å². The molecule has 4 aromatic heterocycles. The van der Waals surface area contributed by atoms with E-state index in [0.29, 0.717) is 93.4 Å². The second-order valence-corrected chi connectivity index (χ2v) is 40.3. The first-order chi connectivity index (χ1) is 62.4. The van der Waals surface area contributed by atoms with Crippen LogP contribution in [0, 0.1) is 59.2 Å². The maximum atomic E-state index is 13.0. The van der Waals surface area contributed by atoms with Gasteiger partial charge < -0.3 is 67.2 Å². The first-order valence-electron chi connectivity index (χ1n) is 45.6. The number of rotatable bonds is 24. The predicted octanol–water partition coefficient (Wildman–Crippen LogP) is 13.7. The van der Waals surface area contributed by atoms with Gasteiger partial charge >= 0.3 is 72.3 Å². The Bertz CT molecular complexity index is 5580. The fourth-order valence-corrected chi connectivity index (χ4v) is 18.5. The summed E-state index contributed by atoms with van der Waals surface area (Å²) in [5.41, 5.74) is 8.72. The van der Waals surface area contributed by atoms with Crippen molar-refractivity contribution in [2.45, 2.75) is 206 Å². The Morgan fingerprint density at radius 3 is 1.09 bits per heavy atom. The van der Waals surface area contributed by atoms with Gasteiger partial charge in [0.25, 0.3) is 5.91 Å². The Labute approximate surface area is 860 Å². The van der Waals surface area contributed by atoms with Crippen LogP contribution in [-0.2, 0) is 33.9 Å². The van der Waals surface area contributed by atoms with E-state index in [1.807, 2.05) is 36.4 Å². The van der Waals surface area contributed by atoms with Crippen LogP contribution in [-0.4, -0.2) is 180 Å². The summed E-state index contributed by atoms with van der Waals surface area (Å²) in [7, 11) is -3.73. The van der Waals surface area contributed by atoms with Gasteiger partial charge in [-0.05, 0) is 278 Å². The molecule has 1 amide bonds. The van der Waals surface area contributed by atoms with Crippen LogP contribution in [0.3, 0.4) is 0 Å². The van der Waals surface area contributed by atoms with Crippen molar-refractivity contribution in [1.29, 1.82) is 0 Å². The standard InChI is InChI=1S/C28H34N2O5S.C19H23NO3.C18H21NO3.C11H8ClNO2.C10H15NO3S.C8H14O2.C8H16O.CH4.Al.ClH.Li.Na.H2O.4H/c1-3-36(33,34)24-11-8-21(9-12-24)26(17-31)30-27(32)23-10-13-25-22(16-23)14-15-29-28(25)35-18-20-6-4-19(2)5-7-20;1-13-3-5-14(6-4-13)12-23-18-17-8-7-16(19(21)22-2)11-15(17)9-10-20-18;1-12-2-4-13(5-3-12)11-22-17-16-7-6-15(18(20)21)10-14(16)8-9-19-17;1-15-11(14)8-2-3-9-7(6-8)4-5-13-10(9)12;1-2-15(13,14)9-5-3-8(4-6-9)10(11)7-12;1-6-2-4-7(5-3-6)8(9)10;1-7-2-4-8(6-9)5-3-7;;;;;;;;;;/h8-16,19-20,26,31H,3-7,17-18H2,1-2H3,(H,30,32);7-11,13-14H,3-6,12H2,1-2H3;6-10,12-13H,2-5,11H2,1H3,(H,20,21);2-6H,1H3;3-6,10,12H,2,7,11H2,1H3;6-7H,2-5H2,1H3,(H,9,10);7-9H,2-6H2,1H3;1H4;;1H;;;1H2;;;;/q;;;;;;;;;;2*+1;;;;;-1/p-1/t19?,20?,26-;;;;10-;;;;;;;;;;;;/m0...0............/s1. The molecule has 0 radical (unpaired) electrons. The van der Waals surface area contributed by atoms with Gasteiger partial charge in [0.05, 0.1) is 103 Å². The molecule has 33 heteroatoms. The van der Waals surface area contributed by atoms with Gasteiger partial charge in [-0.25, -0.2) is 51.2 Å². The Balaban J connectivity index is 0.000000560. The summed E-state index contributed by atoms with van der Waals surface area (Å²) in [6.45, 7) is 16.6. The Morgan fingerprint density at radius 2 is 0.757 bits per heavy atom. The van der Waals surface area contributed by atoms with Crippen molar-refractivity contribution in [2.75, 3.05) is 65.4 Å². The fourth-order valence-electron chi connectivity index (χ4n) is 16.5. The van der Waals surface area contributed by atoms with E-state index in [1.165, 1.54) is 141 Å². The molecule has 2 atom stereocenters. The summed E-state index contributed by atoms with van der Waals surface area (Å²) < 4.78 is 74.4. The predicted molar refractivity (Wildman–Crippen MR) is 535 cm³/mol. The molecule has 5 aliphatic rings. The average Bonchev–Trinajstić information content (AvgIpc) is 0.807. The van der Waals surface area contributed by atoms with Gasteiger partial charge in [-0.1, -0.05) is 149 Å². The molecule has 0 bridgehead atoms. The molecule has 6 aromatic carbocycles. The van der Waals surface area contributed by atoms with Crippen molar-refractivity contribution in [1.82, 2.24) is 25.3 Å². The zero-order valence-electron chi connectivity index (χ0n) is 80.3. The minimum atomic E-state index is -3.32. The quantitative estimate of drug-likeness (QED) is 0.0168. The number of aromatic nitrogens is 4. The number of aliphatic hydroxyl groups is 3. The number of esters is 2. The van der Waals surface area contributed by atoms with Crippen molar-refractivity contribution >= 4 is 134 Å². The van der Waals surface area contributed by atoms with Crippen LogP contribution < -0.4 is 73.7 Å². The van der Waals surface area contributed by atoms with E-state index in [1.54, 1.807) is 124 Å². The largest absolute Gasteiger partial charge is 1.00 e. The van der Waals surface area contributed by atoms with Crippen LogP contribution >= 0.6 is 24.0 Å². The summed E-state index contributed by atoms with van der Waals surface area (Å²) in [6.07, 6.45) is 30.7. The van der Waals surface area contributed by atoms with Gasteiger partial charge in [0.1, 0.15) is 5.15 Å². The smallest absolute Gasteiger partial charge is 1.00 e. The number of sulfone groups is 2. The fraction of sp³-hybridized carbons (Fsp3) is 0.485. The number of hydrogen-bond acceptors (Lipinski definition) is 23. The SMILES string of the molecule is C.CC1CCC(C(=O)O)CC1.CC1CCC(CO)CC1.CC1CCC(COc2nccc3cc(C(=O)O)ccc23)CC1.CCS(=O)(=O)c1ccc([C@@H](N)CO)cc1.CCS(=O)(=O)c1ccc([C@H](CO)NC(=O)c2ccc3c(OCC4CCC(C)CC4)nccc3c2)cc1.COC(=O)c1ccc2c(Cl)nccc2c1.COC(=O)c1ccc2c(OCC3CCC(C)CC3)nccc2c1.Cl.[AlH3].[H-].[Li+].[Na+].[OH-]. The van der Waals surface area contributed by atoms with E-state index >= 15 is 0 Å². The normalized spacial score (nSPS) is 19.7. The number of pyridine rings is 4. The number of carbonyl (C=O) groups excluding carboxylic acids is 3. The second-order valence-electron chi connectivity index (χ2n) is 35.3. The number of methoxy groups -OCH3 is 2. The van der Waals surface area contributed by atoms with E-state index in [9.17, 15) is 45.9 Å². The van der Waals surface area contributed by atoms with Gasteiger partial charge in [-0.15, -0.1) is 12.4 Å². The molecule has 9 N–H and O–H groups in total. The number of benzene rings is 6. The third kappa shape index (κ3) is 37.6. The summed E-state index contributed by atoms with van der Waals surface area (Å²) in [4.78, 5) is 74.9. The van der Waals surface area contributed by atoms with Gasteiger partial charge in [0, 0.05) is 58.5 Å². The second kappa shape index (κ2) is 61.6. The van der Waals surface area contributed by atoms with Crippen LogP contribution in [0.4, 0.5) is 0 Å². The molecule has 10 aromatic rings. The van der Waals surface area contributed by atoms with E-state index in [-0.39, 0.29) is 151 Å². The average molecular weight is 1980 g/mol. The number of hydrogen-bond donors (Lipinski definition) is 7. The van der Waals surface area contributed by atoms with Gasteiger partial charge in [-0.3, -0.25) is 9.59 Å². The molecule has 0 spiro atoms. The van der Waals surface area contributed by atoms with Crippen molar-refractivity contribution in [3.8, 4) is 17.6 Å². The molecular weight excluding hydrogens is 1830 g/mol. The Morgan fingerprint density at radius 1 is 0.449 bits per heavy atom. The van der Waals surface area contributed by atoms with E-state index in [4.69, 9.17) is 56.7 Å². The number of fused-ring (bicyclic) bond motifs is 4. The number of aliphatic hydroxyl groups excluding tert-OH is 3. The minimum absolute atomic E-state index is 0. The van der Waals surface area contributed by atoms with E-state index in [0.717, 1.165) is 111 Å². The van der Waals surface area contributed by atoms with Gasteiger partial charge in [0.2, 0.25) is 17.6 Å². The summed E-state index contributed by atoms with van der Waals surface area (Å²) >= 11 is 5.90. The van der Waals surface area contributed by atoms with Crippen LogP contribution in [0.2, 0.25) is 5.15 Å². The maximum absolute atomic E-state index is 13.0. The molecule has 5 saturated carbocycles. The van der Waals surface area contributed by atoms with Gasteiger partial charge in [0.15, 0.2) is 37.0 Å². The topological polar surface area (TPSA) is 421 Å². The van der Waals surface area contributed by atoms with Crippen LogP contribution in [0.5, 0.6) is 17.6 Å². The first-order valence-corrected chi connectivity index (χ1v) is 49.3. The number of ether oxygens (including phenoxy) is 5. The number of nitrogens with one attached hydrogen (secondary N) is 1. The number of halogens is 2. The number of carbonyl (C=O) groups is 5. The monoisotopic (exact) mass is 1970 g/mol. The van der Waals surface area contributed by atoms with E-state index in [2.05, 4.69) is 64.6 Å². The first kappa shape index (κ1) is 122. The molecule has 5 fully saturated rings.